The molecule has 1 aliphatic rings. The van der Waals surface area contributed by atoms with Crippen LogP contribution in [0.3, 0.4) is 0 Å². The van der Waals surface area contributed by atoms with E-state index in [9.17, 15) is 4.79 Å². The number of urea groups is 1. The number of aryl methyl sites for hydroxylation is 1. The van der Waals surface area contributed by atoms with E-state index in [0.29, 0.717) is 23.5 Å². The molecule has 1 N–H and O–H groups in total. The molecule has 0 bridgehead atoms. The smallest absolute Gasteiger partial charge is 0.322 e. The molecular formula is C17H26N2O3. The van der Waals surface area contributed by atoms with E-state index in [1.807, 2.05) is 24.0 Å². The second kappa shape index (κ2) is 6.90. The maximum atomic E-state index is 12.6. The van der Waals surface area contributed by atoms with Crippen molar-refractivity contribution in [3.05, 3.63) is 17.7 Å². The average molecular weight is 306 g/mol. The van der Waals surface area contributed by atoms with Crippen molar-refractivity contribution in [1.29, 1.82) is 0 Å². The number of rotatable bonds is 6. The van der Waals surface area contributed by atoms with Crippen LogP contribution in [0.1, 0.15) is 32.3 Å². The minimum atomic E-state index is -0.0356. The molecule has 0 unspecified atom stereocenters. The fraction of sp³-hybridized carbons (Fsp3) is 0.588. The van der Waals surface area contributed by atoms with Gasteiger partial charge in [-0.25, -0.2) is 4.79 Å². The van der Waals surface area contributed by atoms with Crippen LogP contribution < -0.4 is 14.8 Å². The number of nitrogens with zero attached hydrogens (tertiary/aromatic N) is 1. The van der Waals surface area contributed by atoms with E-state index < -0.39 is 0 Å². The molecule has 2 rings (SSSR count). The van der Waals surface area contributed by atoms with Crippen LogP contribution >= 0.6 is 0 Å². The van der Waals surface area contributed by atoms with E-state index in [0.717, 1.165) is 30.6 Å². The molecule has 0 heterocycles. The summed E-state index contributed by atoms with van der Waals surface area (Å²) in [6.45, 7) is 6.99. The van der Waals surface area contributed by atoms with Crippen molar-refractivity contribution in [3.63, 3.8) is 0 Å². The van der Waals surface area contributed by atoms with Crippen molar-refractivity contribution in [1.82, 2.24) is 4.90 Å². The summed E-state index contributed by atoms with van der Waals surface area (Å²) in [5.41, 5.74) is 1.71. The second-order valence-corrected chi connectivity index (χ2v) is 6.23. The first kappa shape index (κ1) is 16.5. The predicted molar refractivity (Wildman–Crippen MR) is 87.9 cm³/mol. The molecule has 0 aliphatic heterocycles. The van der Waals surface area contributed by atoms with Crippen molar-refractivity contribution < 1.29 is 14.3 Å². The van der Waals surface area contributed by atoms with Crippen LogP contribution in [0.5, 0.6) is 11.5 Å². The normalized spacial score (nSPS) is 13.9. The van der Waals surface area contributed by atoms with Gasteiger partial charge in [-0.05, 0) is 37.3 Å². The van der Waals surface area contributed by atoms with Gasteiger partial charge in [0.15, 0.2) is 11.5 Å². The van der Waals surface area contributed by atoms with Crippen molar-refractivity contribution in [2.45, 2.75) is 39.7 Å². The highest BCUT2D eigenvalue weighted by Crippen LogP contribution is 2.34. The number of hydrogen-bond acceptors (Lipinski definition) is 3. The Morgan fingerprint density at radius 2 is 1.86 bits per heavy atom. The zero-order valence-corrected chi connectivity index (χ0v) is 14.1. The molecule has 0 saturated heterocycles. The van der Waals surface area contributed by atoms with Crippen LogP contribution in [0.2, 0.25) is 0 Å². The summed E-state index contributed by atoms with van der Waals surface area (Å²) in [5, 5.41) is 3.01. The first-order valence-electron chi connectivity index (χ1n) is 7.76. The standard InChI is InChI=1S/C17H26N2O3/c1-11(2)10-19(13-6-7-13)17(20)18-14-9-16(22-5)15(21-4)8-12(14)3/h8-9,11,13H,6-7,10H2,1-5H3,(H,18,20). The number of methoxy groups -OCH3 is 2. The maximum absolute atomic E-state index is 12.6. The number of hydrogen-bond donors (Lipinski definition) is 1. The second-order valence-electron chi connectivity index (χ2n) is 6.23. The fourth-order valence-corrected chi connectivity index (χ4v) is 2.48. The molecule has 122 valence electrons. The molecular weight excluding hydrogens is 280 g/mol. The summed E-state index contributed by atoms with van der Waals surface area (Å²) in [6, 6.07) is 4.04. The molecule has 1 fully saturated rings. The van der Waals surface area contributed by atoms with Gasteiger partial charge in [0.25, 0.3) is 0 Å². The van der Waals surface area contributed by atoms with E-state index in [1.54, 1.807) is 14.2 Å². The summed E-state index contributed by atoms with van der Waals surface area (Å²) in [7, 11) is 3.20. The molecule has 0 spiro atoms. The summed E-state index contributed by atoms with van der Waals surface area (Å²) in [6.07, 6.45) is 2.20. The summed E-state index contributed by atoms with van der Waals surface area (Å²) >= 11 is 0. The Balaban J connectivity index is 2.16. The molecule has 5 heteroatoms. The fourth-order valence-electron chi connectivity index (χ4n) is 2.48. The summed E-state index contributed by atoms with van der Waals surface area (Å²) in [5.74, 6) is 1.74. The van der Waals surface area contributed by atoms with E-state index in [1.165, 1.54) is 0 Å². The molecule has 1 aromatic carbocycles. The number of ether oxygens (including phenoxy) is 2. The van der Waals surface area contributed by atoms with Gasteiger partial charge in [0, 0.05) is 24.3 Å². The molecule has 1 aliphatic carbocycles. The lowest BCUT2D eigenvalue weighted by molar-refractivity contribution is 0.201. The van der Waals surface area contributed by atoms with E-state index in [-0.39, 0.29) is 6.03 Å². The summed E-state index contributed by atoms with van der Waals surface area (Å²) in [4.78, 5) is 14.5. The van der Waals surface area contributed by atoms with Gasteiger partial charge in [-0.15, -0.1) is 0 Å². The topological polar surface area (TPSA) is 50.8 Å². The van der Waals surface area contributed by atoms with Crippen molar-refractivity contribution in [2.75, 3.05) is 26.1 Å². The van der Waals surface area contributed by atoms with Gasteiger partial charge in [0.2, 0.25) is 0 Å². The number of nitrogens with one attached hydrogen (secondary N) is 1. The minimum absolute atomic E-state index is 0.0356. The zero-order valence-electron chi connectivity index (χ0n) is 14.1. The third kappa shape index (κ3) is 3.84. The third-order valence-electron chi connectivity index (χ3n) is 3.78. The maximum Gasteiger partial charge on any atom is 0.322 e. The van der Waals surface area contributed by atoms with Crippen LogP contribution in [-0.4, -0.2) is 37.7 Å². The molecule has 2 amide bonds. The van der Waals surface area contributed by atoms with Gasteiger partial charge >= 0.3 is 6.03 Å². The Labute approximate surface area is 132 Å². The quantitative estimate of drug-likeness (QED) is 0.872. The van der Waals surface area contributed by atoms with Crippen molar-refractivity contribution >= 4 is 11.7 Å². The van der Waals surface area contributed by atoms with Gasteiger partial charge in [-0.2, -0.15) is 0 Å². The monoisotopic (exact) mass is 306 g/mol. The van der Waals surface area contributed by atoms with Gasteiger partial charge < -0.3 is 19.7 Å². The molecule has 1 aromatic rings. The van der Waals surface area contributed by atoms with Crippen molar-refractivity contribution in [3.8, 4) is 11.5 Å². The first-order valence-corrected chi connectivity index (χ1v) is 7.76. The van der Waals surface area contributed by atoms with Crippen LogP contribution in [0, 0.1) is 12.8 Å². The number of carbonyl (C=O) groups is 1. The molecule has 22 heavy (non-hydrogen) atoms. The third-order valence-corrected chi connectivity index (χ3v) is 3.78. The van der Waals surface area contributed by atoms with E-state index >= 15 is 0 Å². The highest BCUT2D eigenvalue weighted by Gasteiger charge is 2.33. The molecule has 0 aromatic heterocycles. The van der Waals surface area contributed by atoms with Crippen LogP contribution in [0.4, 0.5) is 10.5 Å². The molecule has 1 saturated carbocycles. The van der Waals surface area contributed by atoms with Crippen molar-refractivity contribution in [2.24, 2.45) is 5.92 Å². The Morgan fingerprint density at radius 3 is 2.36 bits per heavy atom. The molecule has 0 radical (unpaired) electrons. The molecule has 5 nitrogen and oxygen atoms in total. The SMILES string of the molecule is COc1cc(C)c(NC(=O)N(CC(C)C)C2CC2)cc1OC. The van der Waals surface area contributed by atoms with E-state index in [2.05, 4.69) is 19.2 Å². The van der Waals surface area contributed by atoms with Gasteiger partial charge in [0.05, 0.1) is 14.2 Å². The Morgan fingerprint density at radius 1 is 1.27 bits per heavy atom. The van der Waals surface area contributed by atoms with Crippen LogP contribution in [0.15, 0.2) is 12.1 Å². The average Bonchev–Trinajstić information content (AvgIpc) is 3.30. The van der Waals surface area contributed by atoms with Gasteiger partial charge in [-0.1, -0.05) is 13.8 Å². The Hall–Kier alpha value is -1.91. The zero-order chi connectivity index (χ0) is 16.3. The van der Waals surface area contributed by atoms with Gasteiger partial charge in [0.1, 0.15) is 0 Å². The van der Waals surface area contributed by atoms with E-state index in [4.69, 9.17) is 9.47 Å². The number of carbonyl (C=O) groups excluding carboxylic acids is 1. The minimum Gasteiger partial charge on any atom is -0.493 e. The predicted octanol–water partition coefficient (Wildman–Crippen LogP) is 3.66. The van der Waals surface area contributed by atoms with Crippen LogP contribution in [0.25, 0.3) is 0 Å². The summed E-state index contributed by atoms with van der Waals surface area (Å²) < 4.78 is 10.6. The largest absolute Gasteiger partial charge is 0.493 e. The number of benzene rings is 1. The highest BCUT2D eigenvalue weighted by molar-refractivity contribution is 5.91. The number of anilines is 1. The highest BCUT2D eigenvalue weighted by atomic mass is 16.5. The van der Waals surface area contributed by atoms with Gasteiger partial charge in [-0.3, -0.25) is 0 Å². The Bertz CT molecular complexity index is 539. The lowest BCUT2D eigenvalue weighted by atomic mass is 10.1. The van der Waals surface area contributed by atoms with Crippen LogP contribution in [-0.2, 0) is 0 Å². The Kier molecular flexibility index (Phi) is 5.16. The first-order chi connectivity index (χ1) is 10.5. The molecule has 0 atom stereocenters. The number of amides is 2. The lowest BCUT2D eigenvalue weighted by Crippen LogP contribution is -2.39. The lowest BCUT2D eigenvalue weighted by Gasteiger charge is -2.25.